The van der Waals surface area contributed by atoms with Gasteiger partial charge in [0, 0.05) is 28.8 Å². The van der Waals surface area contributed by atoms with E-state index in [1.165, 1.54) is 0 Å². The molecule has 8 heteroatoms. The molecule has 0 saturated carbocycles. The lowest BCUT2D eigenvalue weighted by atomic mass is 10.2. The van der Waals surface area contributed by atoms with Gasteiger partial charge >= 0.3 is 0 Å². The second kappa shape index (κ2) is 6.79. The van der Waals surface area contributed by atoms with E-state index >= 15 is 0 Å². The number of aromatic nitrogens is 4. The highest BCUT2D eigenvalue weighted by molar-refractivity contribution is 9.10. The van der Waals surface area contributed by atoms with Gasteiger partial charge in [-0.05, 0) is 25.0 Å². The quantitative estimate of drug-likeness (QED) is 0.660. The molecule has 1 atom stereocenters. The molecule has 0 bridgehead atoms. The third-order valence-electron chi connectivity index (χ3n) is 4.18. The average molecular weight is 402 g/mol. The molecule has 4 rings (SSSR count). The zero-order chi connectivity index (χ0) is 17.2. The predicted octanol–water partition coefficient (Wildman–Crippen LogP) is 3.64. The van der Waals surface area contributed by atoms with Crippen LogP contribution in [0.4, 0.5) is 5.95 Å². The van der Waals surface area contributed by atoms with Gasteiger partial charge in [-0.1, -0.05) is 33.2 Å². The minimum Gasteiger partial charge on any atom is -0.481 e. The van der Waals surface area contributed by atoms with Crippen LogP contribution >= 0.6 is 15.9 Å². The van der Waals surface area contributed by atoms with Crippen LogP contribution in [0.15, 0.2) is 45.5 Å². The van der Waals surface area contributed by atoms with Gasteiger partial charge in [-0.15, -0.1) is 0 Å². The first-order valence-corrected chi connectivity index (χ1v) is 8.78. The van der Waals surface area contributed by atoms with E-state index in [-0.39, 0.29) is 6.04 Å². The third kappa shape index (κ3) is 3.09. The van der Waals surface area contributed by atoms with Crippen molar-refractivity contribution in [2.24, 2.45) is 0 Å². The Morgan fingerprint density at radius 3 is 2.96 bits per heavy atom. The number of rotatable bonds is 4. The lowest BCUT2D eigenvalue weighted by Crippen LogP contribution is -2.25. The molecule has 0 aliphatic carbocycles. The number of hydrogen-bond donors (Lipinski definition) is 0. The van der Waals surface area contributed by atoms with E-state index < -0.39 is 0 Å². The Labute approximate surface area is 153 Å². The minimum atomic E-state index is -0.0316. The molecule has 25 heavy (non-hydrogen) atoms. The number of benzene rings is 1. The molecule has 0 spiro atoms. The molecule has 1 saturated heterocycles. The fourth-order valence-electron chi connectivity index (χ4n) is 2.97. The molecular formula is C17H16BrN5O2. The first-order valence-electron chi connectivity index (χ1n) is 7.98. The van der Waals surface area contributed by atoms with Gasteiger partial charge in [-0.25, -0.2) is 4.98 Å². The fraction of sp³-hybridized carbons (Fsp3) is 0.294. The number of hydrogen-bond acceptors (Lipinski definition) is 7. The second-order valence-electron chi connectivity index (χ2n) is 5.69. The van der Waals surface area contributed by atoms with Gasteiger partial charge in [0.25, 0.3) is 0 Å². The first-order chi connectivity index (χ1) is 12.3. The Kier molecular flexibility index (Phi) is 4.35. The standard InChI is InChI=1S/C17H16BrN5O2/c1-24-14-8-9-19-17(20-14)23-10-4-7-13(23)16-21-15(22-25-16)11-5-2-3-6-12(11)18/h2-3,5-6,8-9,13H,4,7,10H2,1H3. The summed E-state index contributed by atoms with van der Waals surface area (Å²) in [6.45, 7) is 0.838. The molecule has 1 aromatic carbocycles. The molecule has 0 amide bonds. The zero-order valence-corrected chi connectivity index (χ0v) is 15.2. The van der Waals surface area contributed by atoms with Crippen molar-refractivity contribution in [1.29, 1.82) is 0 Å². The van der Waals surface area contributed by atoms with Gasteiger partial charge < -0.3 is 14.2 Å². The van der Waals surface area contributed by atoms with Crippen molar-refractivity contribution in [3.63, 3.8) is 0 Å². The monoisotopic (exact) mass is 401 g/mol. The van der Waals surface area contributed by atoms with Crippen LogP contribution in [0.25, 0.3) is 11.4 Å². The Balaban J connectivity index is 1.64. The Morgan fingerprint density at radius 2 is 2.12 bits per heavy atom. The summed E-state index contributed by atoms with van der Waals surface area (Å²) in [6.07, 6.45) is 3.62. The maximum atomic E-state index is 5.56. The summed E-state index contributed by atoms with van der Waals surface area (Å²) in [4.78, 5) is 15.5. The molecular weight excluding hydrogens is 386 g/mol. The van der Waals surface area contributed by atoms with Gasteiger partial charge in [0.15, 0.2) is 0 Å². The van der Waals surface area contributed by atoms with Gasteiger partial charge in [0.1, 0.15) is 6.04 Å². The molecule has 2 aromatic heterocycles. The largest absolute Gasteiger partial charge is 0.481 e. The van der Waals surface area contributed by atoms with Crippen LogP contribution in [0.1, 0.15) is 24.8 Å². The Hall–Kier alpha value is -2.48. The number of ether oxygens (including phenoxy) is 1. The lowest BCUT2D eigenvalue weighted by Gasteiger charge is -2.21. The fourth-order valence-corrected chi connectivity index (χ4v) is 3.43. The van der Waals surface area contributed by atoms with Crippen LogP contribution in [0.2, 0.25) is 0 Å². The maximum absolute atomic E-state index is 5.56. The smallest absolute Gasteiger partial charge is 0.249 e. The Bertz CT molecular complexity index is 885. The zero-order valence-electron chi connectivity index (χ0n) is 13.6. The molecule has 1 fully saturated rings. The summed E-state index contributed by atoms with van der Waals surface area (Å²) in [5, 5.41) is 4.15. The average Bonchev–Trinajstić information content (AvgIpc) is 3.31. The van der Waals surface area contributed by atoms with E-state index in [1.807, 2.05) is 24.3 Å². The molecule has 1 aliphatic rings. The van der Waals surface area contributed by atoms with E-state index in [0.717, 1.165) is 29.4 Å². The van der Waals surface area contributed by atoms with Gasteiger partial charge in [-0.3, -0.25) is 0 Å². The van der Waals surface area contributed by atoms with E-state index in [1.54, 1.807) is 19.4 Å². The first kappa shape index (κ1) is 16.0. The summed E-state index contributed by atoms with van der Waals surface area (Å²) in [6, 6.07) is 9.51. The molecule has 1 unspecified atom stereocenters. The summed E-state index contributed by atoms with van der Waals surface area (Å²) >= 11 is 3.52. The highest BCUT2D eigenvalue weighted by Gasteiger charge is 2.33. The summed E-state index contributed by atoms with van der Waals surface area (Å²) in [7, 11) is 1.59. The number of nitrogens with zero attached hydrogens (tertiary/aromatic N) is 5. The summed E-state index contributed by atoms with van der Waals surface area (Å²) in [5.41, 5.74) is 0.902. The van der Waals surface area contributed by atoms with E-state index in [2.05, 4.69) is 40.9 Å². The molecule has 7 nitrogen and oxygen atoms in total. The van der Waals surface area contributed by atoms with Crippen molar-refractivity contribution in [2.75, 3.05) is 18.6 Å². The van der Waals surface area contributed by atoms with Gasteiger partial charge in [-0.2, -0.15) is 9.97 Å². The number of halogens is 1. The third-order valence-corrected chi connectivity index (χ3v) is 4.87. The molecule has 3 heterocycles. The molecule has 0 N–H and O–H groups in total. The van der Waals surface area contributed by atoms with Crippen molar-refractivity contribution in [3.8, 4) is 17.3 Å². The van der Waals surface area contributed by atoms with Crippen LogP contribution in [0, 0.1) is 0 Å². The van der Waals surface area contributed by atoms with Crippen molar-refractivity contribution in [1.82, 2.24) is 20.1 Å². The van der Waals surface area contributed by atoms with Crippen molar-refractivity contribution in [2.45, 2.75) is 18.9 Å². The van der Waals surface area contributed by atoms with Crippen LogP contribution < -0.4 is 9.64 Å². The SMILES string of the molecule is COc1ccnc(N2CCCC2c2nc(-c3ccccc3Br)no2)n1. The second-order valence-corrected chi connectivity index (χ2v) is 6.54. The Morgan fingerprint density at radius 1 is 1.24 bits per heavy atom. The topological polar surface area (TPSA) is 77.2 Å². The number of methoxy groups -OCH3 is 1. The minimum absolute atomic E-state index is 0.0316. The highest BCUT2D eigenvalue weighted by Crippen LogP contribution is 2.35. The van der Waals surface area contributed by atoms with Crippen LogP contribution in [0.5, 0.6) is 5.88 Å². The van der Waals surface area contributed by atoms with E-state index in [4.69, 9.17) is 9.26 Å². The summed E-state index contributed by atoms with van der Waals surface area (Å²) in [5.74, 6) is 2.30. The van der Waals surface area contributed by atoms with Crippen LogP contribution in [0.3, 0.4) is 0 Å². The van der Waals surface area contributed by atoms with Crippen molar-refractivity contribution < 1.29 is 9.26 Å². The van der Waals surface area contributed by atoms with Crippen molar-refractivity contribution in [3.05, 3.63) is 46.9 Å². The highest BCUT2D eigenvalue weighted by atomic mass is 79.9. The van der Waals surface area contributed by atoms with Crippen molar-refractivity contribution >= 4 is 21.9 Å². The van der Waals surface area contributed by atoms with Crippen LogP contribution in [-0.2, 0) is 0 Å². The number of anilines is 1. The molecule has 3 aromatic rings. The van der Waals surface area contributed by atoms with Gasteiger partial charge in [0.2, 0.25) is 23.5 Å². The normalized spacial score (nSPS) is 17.0. The van der Waals surface area contributed by atoms with Crippen LogP contribution in [-0.4, -0.2) is 33.8 Å². The lowest BCUT2D eigenvalue weighted by molar-refractivity contribution is 0.353. The van der Waals surface area contributed by atoms with E-state index in [9.17, 15) is 0 Å². The maximum Gasteiger partial charge on any atom is 0.249 e. The summed E-state index contributed by atoms with van der Waals surface area (Å²) < 4.78 is 11.7. The molecule has 0 radical (unpaired) electrons. The predicted molar refractivity (Wildman–Crippen MR) is 95.3 cm³/mol. The van der Waals surface area contributed by atoms with Gasteiger partial charge in [0.05, 0.1) is 7.11 Å². The molecule has 1 aliphatic heterocycles. The molecule has 128 valence electrons. The van der Waals surface area contributed by atoms with E-state index in [0.29, 0.717) is 23.5 Å².